The molecule has 1 aromatic rings. The minimum atomic E-state index is 0.0811. The van der Waals surface area contributed by atoms with Crippen LogP contribution in [0.1, 0.15) is 17.2 Å². The van der Waals surface area contributed by atoms with E-state index in [-0.39, 0.29) is 6.10 Å². The molecule has 1 atom stereocenters. The van der Waals surface area contributed by atoms with Crippen molar-refractivity contribution in [2.45, 2.75) is 12.7 Å². The summed E-state index contributed by atoms with van der Waals surface area (Å²) in [6, 6.07) is 5.85. The molecule has 1 fully saturated rings. The lowest BCUT2D eigenvalue weighted by molar-refractivity contribution is 0.0261. The summed E-state index contributed by atoms with van der Waals surface area (Å²) in [5.74, 6) is 0. The number of morpholine rings is 1. The Morgan fingerprint density at radius 2 is 2.44 bits per heavy atom. The fourth-order valence-corrected chi connectivity index (χ4v) is 2.10. The van der Waals surface area contributed by atoms with E-state index in [1.165, 1.54) is 0 Å². The van der Waals surface area contributed by atoms with Crippen LogP contribution in [-0.4, -0.2) is 26.8 Å². The van der Waals surface area contributed by atoms with Crippen LogP contribution in [0.2, 0.25) is 5.02 Å². The maximum atomic E-state index is 6.02. The zero-order chi connectivity index (χ0) is 11.4. The molecule has 4 heteroatoms. The van der Waals surface area contributed by atoms with Gasteiger partial charge in [-0.2, -0.15) is 0 Å². The first-order chi connectivity index (χ1) is 7.81. The van der Waals surface area contributed by atoms with E-state index in [2.05, 4.69) is 5.32 Å². The third-order valence-electron chi connectivity index (χ3n) is 2.68. The van der Waals surface area contributed by atoms with Gasteiger partial charge < -0.3 is 14.8 Å². The van der Waals surface area contributed by atoms with Gasteiger partial charge in [0.25, 0.3) is 0 Å². The molecule has 0 bridgehead atoms. The first-order valence-electron chi connectivity index (χ1n) is 5.41. The van der Waals surface area contributed by atoms with Gasteiger partial charge in [0, 0.05) is 25.2 Å². The summed E-state index contributed by atoms with van der Waals surface area (Å²) >= 11 is 6.02. The van der Waals surface area contributed by atoms with Gasteiger partial charge in [-0.05, 0) is 23.3 Å². The van der Waals surface area contributed by atoms with Gasteiger partial charge >= 0.3 is 0 Å². The number of halogens is 1. The Hall–Kier alpha value is -0.610. The second-order valence-corrected chi connectivity index (χ2v) is 4.28. The van der Waals surface area contributed by atoms with Crippen molar-refractivity contribution in [3.63, 3.8) is 0 Å². The Morgan fingerprint density at radius 1 is 1.56 bits per heavy atom. The van der Waals surface area contributed by atoms with Gasteiger partial charge in [-0.15, -0.1) is 0 Å². The van der Waals surface area contributed by atoms with Crippen LogP contribution in [0.5, 0.6) is 0 Å². The molecule has 0 aromatic heterocycles. The molecule has 1 heterocycles. The number of hydrogen-bond donors (Lipinski definition) is 1. The number of nitrogens with one attached hydrogen (secondary N) is 1. The number of benzene rings is 1. The first-order valence-corrected chi connectivity index (χ1v) is 5.78. The lowest BCUT2D eigenvalue weighted by atomic mass is 10.0. The van der Waals surface area contributed by atoms with E-state index in [0.717, 1.165) is 35.8 Å². The van der Waals surface area contributed by atoms with E-state index < -0.39 is 0 Å². The predicted molar refractivity (Wildman–Crippen MR) is 63.7 cm³/mol. The highest BCUT2D eigenvalue weighted by Crippen LogP contribution is 2.26. The van der Waals surface area contributed by atoms with Crippen molar-refractivity contribution in [1.29, 1.82) is 0 Å². The monoisotopic (exact) mass is 241 g/mol. The minimum Gasteiger partial charge on any atom is -0.380 e. The summed E-state index contributed by atoms with van der Waals surface area (Å²) in [6.45, 7) is 3.07. The van der Waals surface area contributed by atoms with Crippen LogP contribution in [0.4, 0.5) is 0 Å². The normalized spacial score (nSPS) is 21.0. The third kappa shape index (κ3) is 2.74. The Morgan fingerprint density at radius 3 is 3.12 bits per heavy atom. The van der Waals surface area contributed by atoms with E-state index in [4.69, 9.17) is 21.1 Å². The lowest BCUT2D eigenvalue weighted by Crippen LogP contribution is -2.33. The molecule has 1 saturated heterocycles. The number of rotatable bonds is 3. The van der Waals surface area contributed by atoms with Crippen LogP contribution >= 0.6 is 11.6 Å². The lowest BCUT2D eigenvalue weighted by Gasteiger charge is -2.26. The van der Waals surface area contributed by atoms with Crippen molar-refractivity contribution in [1.82, 2.24) is 5.32 Å². The van der Waals surface area contributed by atoms with Crippen LogP contribution in [0, 0.1) is 0 Å². The first kappa shape index (κ1) is 11.9. The number of methoxy groups -OCH3 is 1. The summed E-state index contributed by atoms with van der Waals surface area (Å²) in [6.07, 6.45) is 0.0811. The van der Waals surface area contributed by atoms with Gasteiger partial charge in [0.1, 0.15) is 0 Å². The van der Waals surface area contributed by atoms with E-state index in [9.17, 15) is 0 Å². The summed E-state index contributed by atoms with van der Waals surface area (Å²) in [5, 5.41) is 4.05. The van der Waals surface area contributed by atoms with Crippen molar-refractivity contribution in [3.05, 3.63) is 34.3 Å². The van der Waals surface area contributed by atoms with E-state index in [1.807, 2.05) is 18.2 Å². The summed E-state index contributed by atoms with van der Waals surface area (Å²) < 4.78 is 10.9. The highest BCUT2D eigenvalue weighted by molar-refractivity contribution is 6.30. The van der Waals surface area contributed by atoms with Crippen LogP contribution in [0.25, 0.3) is 0 Å². The van der Waals surface area contributed by atoms with Crippen LogP contribution < -0.4 is 5.32 Å². The quantitative estimate of drug-likeness (QED) is 0.880. The van der Waals surface area contributed by atoms with Crippen molar-refractivity contribution in [3.8, 4) is 0 Å². The Balaban J connectivity index is 2.24. The van der Waals surface area contributed by atoms with Crippen LogP contribution in [-0.2, 0) is 16.1 Å². The molecule has 1 aromatic carbocycles. The third-order valence-corrected chi connectivity index (χ3v) is 2.92. The van der Waals surface area contributed by atoms with E-state index in [0.29, 0.717) is 6.61 Å². The van der Waals surface area contributed by atoms with Crippen molar-refractivity contribution in [2.24, 2.45) is 0 Å². The molecule has 0 spiro atoms. The zero-order valence-corrected chi connectivity index (χ0v) is 10.1. The highest BCUT2D eigenvalue weighted by atomic mass is 35.5. The zero-order valence-electron chi connectivity index (χ0n) is 9.33. The second-order valence-electron chi connectivity index (χ2n) is 3.84. The summed E-state index contributed by atoms with van der Waals surface area (Å²) in [4.78, 5) is 0. The molecular weight excluding hydrogens is 226 g/mol. The standard InChI is InChI=1S/C12H16ClNO2/c1-15-8-9-2-3-10(13)6-11(9)12-7-14-4-5-16-12/h2-3,6,12,14H,4-5,7-8H2,1H3. The van der Waals surface area contributed by atoms with E-state index in [1.54, 1.807) is 7.11 Å². The van der Waals surface area contributed by atoms with Gasteiger partial charge in [-0.25, -0.2) is 0 Å². The van der Waals surface area contributed by atoms with Gasteiger partial charge in [-0.1, -0.05) is 17.7 Å². The molecule has 2 rings (SSSR count). The molecule has 0 aliphatic carbocycles. The predicted octanol–water partition coefficient (Wildman–Crippen LogP) is 2.15. The molecule has 3 nitrogen and oxygen atoms in total. The number of ether oxygens (including phenoxy) is 2. The summed E-state index contributed by atoms with van der Waals surface area (Å²) in [5.41, 5.74) is 2.27. The molecular formula is C12H16ClNO2. The largest absolute Gasteiger partial charge is 0.380 e. The maximum Gasteiger partial charge on any atom is 0.0953 e. The second kappa shape index (κ2) is 5.64. The van der Waals surface area contributed by atoms with Crippen LogP contribution in [0.15, 0.2) is 18.2 Å². The van der Waals surface area contributed by atoms with Gasteiger partial charge in [-0.3, -0.25) is 0 Å². The van der Waals surface area contributed by atoms with Gasteiger partial charge in [0.2, 0.25) is 0 Å². The summed E-state index contributed by atoms with van der Waals surface area (Å²) in [7, 11) is 1.69. The molecule has 1 unspecified atom stereocenters. The Kier molecular flexibility index (Phi) is 4.18. The fourth-order valence-electron chi connectivity index (χ4n) is 1.92. The highest BCUT2D eigenvalue weighted by Gasteiger charge is 2.18. The average Bonchev–Trinajstić information content (AvgIpc) is 2.33. The van der Waals surface area contributed by atoms with Crippen molar-refractivity contribution in [2.75, 3.05) is 26.8 Å². The molecule has 1 aliphatic heterocycles. The topological polar surface area (TPSA) is 30.5 Å². The molecule has 1 aliphatic rings. The maximum absolute atomic E-state index is 6.02. The number of hydrogen-bond acceptors (Lipinski definition) is 3. The molecule has 0 amide bonds. The van der Waals surface area contributed by atoms with Crippen LogP contribution in [0.3, 0.4) is 0 Å². The van der Waals surface area contributed by atoms with Crippen molar-refractivity contribution < 1.29 is 9.47 Å². The smallest absolute Gasteiger partial charge is 0.0953 e. The van der Waals surface area contributed by atoms with E-state index >= 15 is 0 Å². The fraction of sp³-hybridized carbons (Fsp3) is 0.500. The molecule has 88 valence electrons. The van der Waals surface area contributed by atoms with Gasteiger partial charge in [0.05, 0.1) is 19.3 Å². The average molecular weight is 242 g/mol. The van der Waals surface area contributed by atoms with Crippen molar-refractivity contribution >= 4 is 11.6 Å². The molecule has 16 heavy (non-hydrogen) atoms. The Bertz CT molecular complexity index is 351. The van der Waals surface area contributed by atoms with Gasteiger partial charge in [0.15, 0.2) is 0 Å². The molecule has 1 N–H and O–H groups in total. The SMILES string of the molecule is COCc1ccc(Cl)cc1C1CNCCO1. The Labute approximate surface area is 101 Å². The molecule has 0 saturated carbocycles. The minimum absolute atomic E-state index is 0.0811. The molecule has 0 radical (unpaired) electrons.